The Morgan fingerprint density at radius 3 is 2.45 bits per heavy atom. The first-order valence-electron chi connectivity index (χ1n) is 10.8. The Morgan fingerprint density at radius 1 is 1.16 bits per heavy atom. The maximum Gasteiger partial charge on any atom is 0.259 e. The van der Waals surface area contributed by atoms with Crippen molar-refractivity contribution >= 4 is 39.7 Å². The van der Waals surface area contributed by atoms with Gasteiger partial charge in [-0.05, 0) is 44.0 Å². The van der Waals surface area contributed by atoms with E-state index in [0.29, 0.717) is 27.6 Å². The van der Waals surface area contributed by atoms with Crippen molar-refractivity contribution in [1.82, 2.24) is 15.0 Å². The van der Waals surface area contributed by atoms with Gasteiger partial charge in [0.15, 0.2) is 0 Å². The van der Waals surface area contributed by atoms with Crippen LogP contribution in [0, 0.1) is 0 Å². The minimum Gasteiger partial charge on any atom is -0.390 e. The second kappa shape index (κ2) is 11.1. The molecule has 0 aromatic carbocycles. The number of nitrogens with one attached hydrogen (secondary N) is 2. The van der Waals surface area contributed by atoms with Crippen LogP contribution in [0.1, 0.15) is 47.5 Å². The Hall–Kier alpha value is -2.64. The van der Waals surface area contributed by atoms with Gasteiger partial charge < -0.3 is 20.3 Å². The van der Waals surface area contributed by atoms with Crippen LogP contribution in [0.5, 0.6) is 0 Å². The number of aliphatic hydroxyl groups is 1. The predicted octanol–water partition coefficient (Wildman–Crippen LogP) is 5.12. The normalized spacial score (nSPS) is 14.7. The topological polar surface area (TPSA) is 94.1 Å². The number of aromatic amines is 1. The number of piperidine rings is 1. The number of rotatable bonds is 3. The third-order valence-electron chi connectivity index (χ3n) is 4.92. The molecule has 3 aromatic rings. The summed E-state index contributed by atoms with van der Waals surface area (Å²) in [4.78, 5) is 25.7. The lowest BCUT2D eigenvalue weighted by molar-refractivity contribution is 0.0351. The zero-order valence-electron chi connectivity index (χ0n) is 18.9. The molecule has 0 bridgehead atoms. The lowest BCUT2D eigenvalue weighted by atomic mass is 9.94. The first-order chi connectivity index (χ1) is 14.9. The van der Waals surface area contributed by atoms with E-state index < -0.39 is 5.60 Å². The third kappa shape index (κ3) is 6.18. The van der Waals surface area contributed by atoms with E-state index in [1.165, 1.54) is 0 Å². The lowest BCUT2D eigenvalue weighted by Gasteiger charge is -2.37. The summed E-state index contributed by atoms with van der Waals surface area (Å²) in [6.07, 6.45) is 4.80. The van der Waals surface area contributed by atoms with Crippen molar-refractivity contribution in [1.29, 1.82) is 0 Å². The molecule has 168 valence electrons. The standard InChI is InChI=1S/C19H20ClN5O2.2C2H6/c1-19(27)5-8-25(9-6-19)12-2-3-16(22-11-12)24-14-10-15(20)23-13-4-7-21-18(26)17(13)14;2*1-2/h2-4,7,10-11,27H,5-6,8-9H2,1H3,(H,21,26)(H,22,23,24);2*1-2H3. The van der Waals surface area contributed by atoms with Gasteiger partial charge in [-0.25, -0.2) is 9.97 Å². The Bertz CT molecular complexity index is 1020. The van der Waals surface area contributed by atoms with Gasteiger partial charge in [0.2, 0.25) is 0 Å². The molecule has 1 fully saturated rings. The van der Waals surface area contributed by atoms with Crippen LogP contribution < -0.4 is 15.8 Å². The van der Waals surface area contributed by atoms with Crippen molar-refractivity contribution in [2.45, 2.75) is 53.1 Å². The highest BCUT2D eigenvalue weighted by atomic mass is 35.5. The predicted molar refractivity (Wildman–Crippen MR) is 130 cm³/mol. The monoisotopic (exact) mass is 445 g/mol. The molecule has 4 rings (SSSR count). The van der Waals surface area contributed by atoms with Gasteiger partial charge in [0.1, 0.15) is 11.0 Å². The summed E-state index contributed by atoms with van der Waals surface area (Å²) in [7, 11) is 0. The van der Waals surface area contributed by atoms with Gasteiger partial charge in [0.05, 0.1) is 34.1 Å². The fourth-order valence-corrected chi connectivity index (χ4v) is 3.49. The molecule has 3 N–H and O–H groups in total. The zero-order valence-corrected chi connectivity index (χ0v) is 19.6. The average molecular weight is 446 g/mol. The second-order valence-electron chi connectivity index (χ2n) is 7.07. The molecule has 0 aliphatic carbocycles. The summed E-state index contributed by atoms with van der Waals surface area (Å²) in [6.45, 7) is 11.5. The largest absolute Gasteiger partial charge is 0.390 e. The molecule has 0 atom stereocenters. The van der Waals surface area contributed by atoms with Crippen LogP contribution in [0.25, 0.3) is 10.9 Å². The van der Waals surface area contributed by atoms with E-state index in [-0.39, 0.29) is 5.56 Å². The van der Waals surface area contributed by atoms with Crippen molar-refractivity contribution in [2.24, 2.45) is 0 Å². The molecule has 0 saturated carbocycles. The number of pyridine rings is 3. The molecule has 4 heterocycles. The summed E-state index contributed by atoms with van der Waals surface area (Å²) in [5.74, 6) is 0.606. The van der Waals surface area contributed by atoms with Crippen molar-refractivity contribution in [3.63, 3.8) is 0 Å². The number of hydrogen-bond donors (Lipinski definition) is 3. The highest BCUT2D eigenvalue weighted by molar-refractivity contribution is 6.30. The van der Waals surface area contributed by atoms with Crippen LogP contribution in [-0.4, -0.2) is 38.7 Å². The maximum atomic E-state index is 12.2. The van der Waals surface area contributed by atoms with E-state index in [1.807, 2.05) is 46.8 Å². The van der Waals surface area contributed by atoms with E-state index in [9.17, 15) is 9.90 Å². The highest BCUT2D eigenvalue weighted by Crippen LogP contribution is 2.28. The molecule has 8 heteroatoms. The third-order valence-corrected chi connectivity index (χ3v) is 5.11. The van der Waals surface area contributed by atoms with Crippen LogP contribution in [0.3, 0.4) is 0 Å². The van der Waals surface area contributed by atoms with Crippen LogP contribution in [0.15, 0.2) is 41.5 Å². The lowest BCUT2D eigenvalue weighted by Crippen LogP contribution is -2.42. The Kier molecular flexibility index (Phi) is 8.83. The minimum absolute atomic E-state index is 0.240. The molecule has 0 unspecified atom stereocenters. The molecule has 3 aromatic heterocycles. The molecule has 0 amide bonds. The van der Waals surface area contributed by atoms with Crippen molar-refractivity contribution < 1.29 is 5.11 Å². The summed E-state index contributed by atoms with van der Waals surface area (Å²) in [5.41, 5.74) is 1.26. The number of fused-ring (bicyclic) bond motifs is 1. The van der Waals surface area contributed by atoms with Crippen LogP contribution in [-0.2, 0) is 0 Å². The van der Waals surface area contributed by atoms with E-state index >= 15 is 0 Å². The molecular formula is C23H32ClN5O2. The average Bonchev–Trinajstić information content (AvgIpc) is 2.77. The van der Waals surface area contributed by atoms with Crippen LogP contribution >= 0.6 is 11.6 Å². The molecule has 1 aliphatic rings. The van der Waals surface area contributed by atoms with Crippen LogP contribution in [0.4, 0.5) is 17.2 Å². The first-order valence-corrected chi connectivity index (χ1v) is 11.2. The fourth-order valence-electron chi connectivity index (χ4n) is 3.29. The Morgan fingerprint density at radius 2 is 1.84 bits per heavy atom. The van der Waals surface area contributed by atoms with Crippen molar-refractivity contribution in [3.05, 3.63) is 52.2 Å². The molecular weight excluding hydrogens is 414 g/mol. The van der Waals surface area contributed by atoms with Gasteiger partial charge in [-0.1, -0.05) is 39.3 Å². The number of hydrogen-bond acceptors (Lipinski definition) is 6. The minimum atomic E-state index is -0.583. The van der Waals surface area contributed by atoms with E-state index in [4.69, 9.17) is 11.6 Å². The molecule has 31 heavy (non-hydrogen) atoms. The SMILES string of the molecule is CC.CC.CC1(O)CCN(c2ccc(Nc3cc(Cl)nc4cc[nH]c(=O)c34)nc2)CC1. The molecule has 1 aliphatic heterocycles. The van der Waals surface area contributed by atoms with Gasteiger partial charge in [-0.2, -0.15) is 0 Å². The fraction of sp³-hybridized carbons (Fsp3) is 0.435. The van der Waals surface area contributed by atoms with Gasteiger partial charge in [0, 0.05) is 19.3 Å². The number of halogens is 1. The van der Waals surface area contributed by atoms with Gasteiger partial charge in [-0.3, -0.25) is 4.79 Å². The Balaban J connectivity index is 0.000000807. The first kappa shape index (κ1) is 24.6. The second-order valence-corrected chi connectivity index (χ2v) is 7.46. The summed E-state index contributed by atoms with van der Waals surface area (Å²) < 4.78 is 0. The quantitative estimate of drug-likeness (QED) is 0.484. The Labute approximate surface area is 188 Å². The van der Waals surface area contributed by atoms with Crippen LogP contribution in [0.2, 0.25) is 5.15 Å². The molecule has 1 saturated heterocycles. The zero-order chi connectivity index (χ0) is 23.0. The number of nitrogens with zero attached hydrogens (tertiary/aromatic N) is 3. The highest BCUT2D eigenvalue weighted by Gasteiger charge is 2.27. The number of H-pyrrole nitrogens is 1. The smallest absolute Gasteiger partial charge is 0.259 e. The van der Waals surface area contributed by atoms with Crippen molar-refractivity contribution in [2.75, 3.05) is 23.3 Å². The molecule has 0 spiro atoms. The van der Waals surface area contributed by atoms with Crippen molar-refractivity contribution in [3.8, 4) is 0 Å². The van der Waals surface area contributed by atoms with Gasteiger partial charge >= 0.3 is 0 Å². The summed E-state index contributed by atoms with van der Waals surface area (Å²) in [5, 5.41) is 14.0. The number of anilines is 3. The molecule has 7 nitrogen and oxygen atoms in total. The molecule has 0 radical (unpaired) electrons. The summed E-state index contributed by atoms with van der Waals surface area (Å²) in [6, 6.07) is 7.15. The maximum absolute atomic E-state index is 12.2. The van der Waals surface area contributed by atoms with Gasteiger partial charge in [0.25, 0.3) is 5.56 Å². The van der Waals surface area contributed by atoms with E-state index in [2.05, 4.69) is 25.2 Å². The van der Waals surface area contributed by atoms with Gasteiger partial charge in [-0.15, -0.1) is 0 Å². The van der Waals surface area contributed by atoms with E-state index in [1.54, 1.807) is 24.5 Å². The number of aromatic nitrogens is 3. The summed E-state index contributed by atoms with van der Waals surface area (Å²) >= 11 is 6.08. The van der Waals surface area contributed by atoms with E-state index in [0.717, 1.165) is 31.6 Å².